The standard InChI is InChI=1S/C28H39N7O3/c1-33(2)23-11-14-34(17-23)25(36)19-7-9-21(10-8-19)32-18-30-16-20-15-28(12-13-31-26(28)37)27(38)35(24(20)29)22-5-3-4-6-22/h7-10,18,20,22-23,29H,3-6,11-17H2,1-2H3,(H,30,32)(H,31,37)/t20?,23-,28?/m0/s1. The molecule has 10 heteroatoms. The van der Waals surface area contributed by atoms with Gasteiger partial charge in [0.05, 0.1) is 12.9 Å². The molecule has 3 heterocycles. The predicted molar refractivity (Wildman–Crippen MR) is 146 cm³/mol. The van der Waals surface area contributed by atoms with Crippen molar-refractivity contribution in [3.05, 3.63) is 29.8 Å². The van der Waals surface area contributed by atoms with E-state index >= 15 is 0 Å². The fourth-order valence-electron chi connectivity index (χ4n) is 6.43. The molecule has 3 N–H and O–H groups in total. The van der Waals surface area contributed by atoms with E-state index in [0.717, 1.165) is 50.9 Å². The Bertz CT molecular complexity index is 1110. The van der Waals surface area contributed by atoms with Crippen LogP contribution in [0.2, 0.25) is 0 Å². The zero-order chi connectivity index (χ0) is 26.9. The number of hydrogen-bond donors (Lipinski definition) is 3. The summed E-state index contributed by atoms with van der Waals surface area (Å²) in [6.07, 6.45) is 7.28. The second kappa shape index (κ2) is 10.8. The van der Waals surface area contributed by atoms with Crippen LogP contribution < -0.4 is 10.6 Å². The summed E-state index contributed by atoms with van der Waals surface area (Å²) in [7, 11) is 4.10. The average Bonchev–Trinajstić information content (AvgIpc) is 3.68. The number of carbonyl (C=O) groups excluding carboxylic acids is 3. The summed E-state index contributed by atoms with van der Waals surface area (Å²) in [4.78, 5) is 49.3. The molecule has 0 aromatic heterocycles. The van der Waals surface area contributed by atoms with E-state index < -0.39 is 5.41 Å². The number of rotatable bonds is 7. The molecule has 204 valence electrons. The van der Waals surface area contributed by atoms with E-state index in [1.807, 2.05) is 43.3 Å². The van der Waals surface area contributed by atoms with Gasteiger partial charge in [0.15, 0.2) is 0 Å². The maximum Gasteiger partial charge on any atom is 0.253 e. The molecule has 3 saturated heterocycles. The Morgan fingerprint density at radius 2 is 1.95 bits per heavy atom. The van der Waals surface area contributed by atoms with E-state index in [9.17, 15) is 14.4 Å². The molecule has 5 rings (SSSR count). The number of nitrogens with zero attached hydrogens (tertiary/aromatic N) is 4. The summed E-state index contributed by atoms with van der Waals surface area (Å²) in [5.41, 5.74) is 0.413. The lowest BCUT2D eigenvalue weighted by Gasteiger charge is -2.44. The Morgan fingerprint density at radius 3 is 2.58 bits per heavy atom. The minimum Gasteiger partial charge on any atom is -0.355 e. The smallest absolute Gasteiger partial charge is 0.253 e. The maximum absolute atomic E-state index is 13.5. The Hall–Kier alpha value is -3.27. The lowest BCUT2D eigenvalue weighted by molar-refractivity contribution is -0.149. The van der Waals surface area contributed by atoms with Gasteiger partial charge in [0, 0.05) is 48.9 Å². The molecule has 1 saturated carbocycles. The van der Waals surface area contributed by atoms with E-state index in [1.54, 1.807) is 11.2 Å². The molecule has 3 aliphatic heterocycles. The highest BCUT2D eigenvalue weighted by Gasteiger charge is 2.57. The van der Waals surface area contributed by atoms with Crippen LogP contribution in [0, 0.1) is 16.7 Å². The van der Waals surface area contributed by atoms with Gasteiger partial charge in [-0.25, -0.2) is 0 Å². The SMILES string of the molecule is CN(C)[C@H]1CCN(C(=O)c2ccc(NC=NCC3CC4(CCNC4=O)C(=O)N(C4CCCC4)C3=N)cc2)C1. The van der Waals surface area contributed by atoms with E-state index in [2.05, 4.69) is 20.5 Å². The zero-order valence-corrected chi connectivity index (χ0v) is 22.4. The van der Waals surface area contributed by atoms with E-state index in [1.165, 1.54) is 0 Å². The highest BCUT2D eigenvalue weighted by molar-refractivity contribution is 6.14. The summed E-state index contributed by atoms with van der Waals surface area (Å²) < 4.78 is 0. The van der Waals surface area contributed by atoms with Crippen molar-refractivity contribution in [2.45, 2.75) is 57.0 Å². The minimum atomic E-state index is -1.06. The van der Waals surface area contributed by atoms with Gasteiger partial charge < -0.3 is 20.4 Å². The molecule has 3 atom stereocenters. The number of anilines is 1. The normalized spacial score (nSPS) is 28.3. The molecule has 4 fully saturated rings. The number of hydrogen-bond acceptors (Lipinski definition) is 6. The summed E-state index contributed by atoms with van der Waals surface area (Å²) in [6, 6.07) is 7.79. The van der Waals surface area contributed by atoms with Crippen molar-refractivity contribution in [3.63, 3.8) is 0 Å². The molecule has 10 nitrogen and oxygen atoms in total. The number of aliphatic imine (C=N–C) groups is 1. The summed E-state index contributed by atoms with van der Waals surface area (Å²) >= 11 is 0. The number of carbonyl (C=O) groups is 3. The molecular formula is C28H39N7O3. The molecule has 2 unspecified atom stereocenters. The van der Waals surface area contributed by atoms with Gasteiger partial charge in [0.2, 0.25) is 11.8 Å². The topological polar surface area (TPSA) is 121 Å². The molecule has 38 heavy (non-hydrogen) atoms. The van der Waals surface area contributed by atoms with Crippen molar-refractivity contribution < 1.29 is 14.4 Å². The van der Waals surface area contributed by atoms with Gasteiger partial charge >= 0.3 is 0 Å². The molecular weight excluding hydrogens is 482 g/mol. The van der Waals surface area contributed by atoms with Crippen LogP contribution in [-0.2, 0) is 9.59 Å². The quantitative estimate of drug-likeness (QED) is 0.289. The second-order valence-electron chi connectivity index (χ2n) is 11.4. The van der Waals surface area contributed by atoms with Crippen molar-refractivity contribution in [3.8, 4) is 0 Å². The van der Waals surface area contributed by atoms with Crippen molar-refractivity contribution in [2.75, 3.05) is 45.6 Å². The molecule has 1 spiro atoms. The minimum absolute atomic E-state index is 0.0146. The lowest BCUT2D eigenvalue weighted by atomic mass is 9.72. The third-order valence-electron chi connectivity index (χ3n) is 8.79. The monoisotopic (exact) mass is 521 g/mol. The second-order valence-corrected chi connectivity index (χ2v) is 11.4. The molecule has 3 amide bonds. The van der Waals surface area contributed by atoms with Crippen LogP contribution in [-0.4, -0.2) is 97.0 Å². The molecule has 1 aliphatic carbocycles. The highest BCUT2D eigenvalue weighted by Crippen LogP contribution is 2.43. The average molecular weight is 522 g/mol. The van der Waals surface area contributed by atoms with Crippen LogP contribution in [0.15, 0.2) is 29.3 Å². The van der Waals surface area contributed by atoms with Gasteiger partial charge in [-0.3, -0.25) is 29.7 Å². The van der Waals surface area contributed by atoms with E-state index in [-0.39, 0.29) is 29.7 Å². The van der Waals surface area contributed by atoms with Crippen LogP contribution in [0.1, 0.15) is 55.3 Å². The lowest BCUT2D eigenvalue weighted by Crippen LogP contribution is -2.60. The number of likely N-dealkylation sites (tertiary alicyclic amines) is 2. The van der Waals surface area contributed by atoms with Crippen molar-refractivity contribution in [1.82, 2.24) is 20.0 Å². The first-order chi connectivity index (χ1) is 18.3. The fraction of sp³-hybridized carbons (Fsp3) is 0.607. The fourth-order valence-corrected chi connectivity index (χ4v) is 6.43. The Morgan fingerprint density at radius 1 is 1.21 bits per heavy atom. The number of nitrogens with one attached hydrogen (secondary N) is 3. The van der Waals surface area contributed by atoms with Gasteiger partial charge in [-0.1, -0.05) is 12.8 Å². The Kier molecular flexibility index (Phi) is 7.52. The Balaban J connectivity index is 1.20. The number of piperidine rings is 1. The predicted octanol–water partition coefficient (Wildman–Crippen LogP) is 2.18. The zero-order valence-electron chi connectivity index (χ0n) is 22.4. The van der Waals surface area contributed by atoms with Gasteiger partial charge in [-0.2, -0.15) is 0 Å². The third-order valence-corrected chi connectivity index (χ3v) is 8.79. The number of amidine groups is 1. The summed E-state index contributed by atoms with van der Waals surface area (Å²) in [6.45, 7) is 2.36. The van der Waals surface area contributed by atoms with Crippen LogP contribution in [0.25, 0.3) is 0 Å². The maximum atomic E-state index is 13.5. The first-order valence-electron chi connectivity index (χ1n) is 13.8. The molecule has 0 bridgehead atoms. The summed E-state index contributed by atoms with van der Waals surface area (Å²) in [5.74, 6) is -0.335. The van der Waals surface area contributed by atoms with Crippen LogP contribution in [0.3, 0.4) is 0 Å². The van der Waals surface area contributed by atoms with Gasteiger partial charge in [-0.15, -0.1) is 0 Å². The van der Waals surface area contributed by atoms with Crippen molar-refractivity contribution in [2.24, 2.45) is 16.3 Å². The first-order valence-corrected chi connectivity index (χ1v) is 13.8. The highest BCUT2D eigenvalue weighted by atomic mass is 16.2. The largest absolute Gasteiger partial charge is 0.355 e. The molecule has 1 aromatic rings. The molecule has 1 aromatic carbocycles. The third kappa shape index (κ3) is 4.93. The molecule has 4 aliphatic rings. The van der Waals surface area contributed by atoms with Crippen molar-refractivity contribution >= 4 is 35.6 Å². The number of likely N-dealkylation sites (N-methyl/N-ethyl adjacent to an activating group) is 1. The first kappa shape index (κ1) is 26.3. The van der Waals surface area contributed by atoms with Gasteiger partial charge in [0.25, 0.3) is 5.91 Å². The Labute approximate surface area is 224 Å². The van der Waals surface area contributed by atoms with Crippen LogP contribution >= 0.6 is 0 Å². The molecule has 0 radical (unpaired) electrons. The van der Waals surface area contributed by atoms with Crippen LogP contribution in [0.5, 0.6) is 0 Å². The van der Waals surface area contributed by atoms with Crippen molar-refractivity contribution in [1.29, 1.82) is 5.41 Å². The van der Waals surface area contributed by atoms with Crippen LogP contribution in [0.4, 0.5) is 5.69 Å². The van der Waals surface area contributed by atoms with Gasteiger partial charge in [0.1, 0.15) is 11.3 Å². The van der Waals surface area contributed by atoms with E-state index in [0.29, 0.717) is 43.4 Å². The van der Waals surface area contributed by atoms with E-state index in [4.69, 9.17) is 5.41 Å². The number of benzene rings is 1. The number of amides is 3. The summed E-state index contributed by atoms with van der Waals surface area (Å²) in [5, 5.41) is 14.8. The van der Waals surface area contributed by atoms with Gasteiger partial charge in [-0.05, 0) is 70.5 Å².